The number of esters is 1. The second-order valence-electron chi connectivity index (χ2n) is 4.97. The molecular weight excluding hydrogens is 371 g/mol. The molecule has 0 amide bonds. The number of hydrogen-bond acceptors (Lipinski definition) is 7. The molecule has 0 spiro atoms. The number of ether oxygens (including phenoxy) is 2. The highest BCUT2D eigenvalue weighted by atomic mass is 32.1. The molecule has 0 unspecified atom stereocenters. The lowest BCUT2D eigenvalue weighted by atomic mass is 10.2. The summed E-state index contributed by atoms with van der Waals surface area (Å²) in [6, 6.07) is 5.32. The Kier molecular flexibility index (Phi) is 4.94. The predicted octanol–water partition coefficient (Wildman–Crippen LogP) is 4.51. The molecule has 0 atom stereocenters. The molecular formula is C16H12F3N3O3S. The molecule has 1 aromatic carbocycles. The van der Waals surface area contributed by atoms with Gasteiger partial charge >= 0.3 is 12.3 Å². The Morgan fingerprint density at radius 3 is 2.85 bits per heavy atom. The normalized spacial score (nSPS) is 11.4. The third kappa shape index (κ3) is 4.02. The van der Waals surface area contributed by atoms with Crippen LogP contribution in [-0.4, -0.2) is 28.9 Å². The average molecular weight is 383 g/mol. The van der Waals surface area contributed by atoms with E-state index in [4.69, 9.17) is 4.74 Å². The molecule has 1 N–H and O–H groups in total. The summed E-state index contributed by atoms with van der Waals surface area (Å²) in [6.07, 6.45) is -3.49. The van der Waals surface area contributed by atoms with Gasteiger partial charge in [-0.3, -0.25) is 0 Å². The molecule has 0 saturated carbocycles. The Hall–Kier alpha value is -2.88. The van der Waals surface area contributed by atoms with Crippen LogP contribution in [0.4, 0.5) is 24.7 Å². The molecule has 2 aromatic heterocycles. The maximum absolute atomic E-state index is 12.4. The van der Waals surface area contributed by atoms with Crippen LogP contribution in [0.25, 0.3) is 10.2 Å². The van der Waals surface area contributed by atoms with E-state index in [9.17, 15) is 18.0 Å². The second-order valence-corrected chi connectivity index (χ2v) is 5.83. The number of nitrogens with zero attached hydrogens (tertiary/aromatic N) is 2. The van der Waals surface area contributed by atoms with Gasteiger partial charge in [0, 0.05) is 17.1 Å². The van der Waals surface area contributed by atoms with Crippen LogP contribution in [0.15, 0.2) is 36.0 Å². The molecule has 0 radical (unpaired) electrons. The zero-order valence-corrected chi connectivity index (χ0v) is 14.1. The van der Waals surface area contributed by atoms with Crippen LogP contribution in [-0.2, 0) is 4.74 Å². The Morgan fingerprint density at radius 1 is 1.31 bits per heavy atom. The lowest BCUT2D eigenvalue weighted by Crippen LogP contribution is -2.17. The van der Waals surface area contributed by atoms with Crippen molar-refractivity contribution in [2.75, 3.05) is 11.9 Å². The van der Waals surface area contributed by atoms with Crippen molar-refractivity contribution in [2.24, 2.45) is 0 Å². The van der Waals surface area contributed by atoms with Crippen LogP contribution in [0.1, 0.15) is 17.3 Å². The highest BCUT2D eigenvalue weighted by Gasteiger charge is 2.31. The number of hydrogen-bond donors (Lipinski definition) is 1. The summed E-state index contributed by atoms with van der Waals surface area (Å²) in [5.41, 5.74) is 0.602. The van der Waals surface area contributed by atoms with Crippen LogP contribution < -0.4 is 10.1 Å². The number of carbonyl (C=O) groups excluding carboxylic acids is 1. The first kappa shape index (κ1) is 17.9. The Morgan fingerprint density at radius 2 is 2.12 bits per heavy atom. The van der Waals surface area contributed by atoms with Crippen LogP contribution >= 0.6 is 11.3 Å². The number of fused-ring (bicyclic) bond motifs is 1. The summed E-state index contributed by atoms with van der Waals surface area (Å²) in [5, 5.41) is 4.94. The standard InChI is InChI=1S/C16H12F3N3O3S/c1-2-24-15(23)11-7-26-14-12(11)13(20-8-21-14)22-9-4-3-5-10(6-9)25-16(17,18)19/h3-8H,2H2,1H3,(H,20,21,22). The third-order valence-electron chi connectivity index (χ3n) is 3.20. The van der Waals surface area contributed by atoms with Gasteiger partial charge in [0.1, 0.15) is 22.7 Å². The molecule has 0 aliphatic heterocycles. The van der Waals surface area contributed by atoms with E-state index in [0.717, 1.165) is 0 Å². The van der Waals surface area contributed by atoms with Crippen molar-refractivity contribution in [3.63, 3.8) is 0 Å². The van der Waals surface area contributed by atoms with Crippen LogP contribution in [0.3, 0.4) is 0 Å². The average Bonchev–Trinajstić information content (AvgIpc) is 2.99. The maximum atomic E-state index is 12.4. The molecule has 0 aliphatic rings. The number of benzene rings is 1. The molecule has 6 nitrogen and oxygen atoms in total. The number of halogens is 3. The van der Waals surface area contributed by atoms with Gasteiger partial charge in [-0.15, -0.1) is 24.5 Å². The van der Waals surface area contributed by atoms with E-state index >= 15 is 0 Å². The minimum Gasteiger partial charge on any atom is -0.462 e. The molecule has 0 saturated heterocycles. The van der Waals surface area contributed by atoms with Crippen molar-refractivity contribution in [3.05, 3.63) is 41.5 Å². The van der Waals surface area contributed by atoms with Gasteiger partial charge in [0.15, 0.2) is 0 Å². The highest BCUT2D eigenvalue weighted by Crippen LogP contribution is 2.32. The zero-order valence-electron chi connectivity index (χ0n) is 13.3. The van der Waals surface area contributed by atoms with E-state index in [1.165, 1.54) is 35.9 Å². The lowest BCUT2D eigenvalue weighted by molar-refractivity contribution is -0.274. The predicted molar refractivity (Wildman–Crippen MR) is 89.8 cm³/mol. The maximum Gasteiger partial charge on any atom is 0.573 e. The number of nitrogens with one attached hydrogen (secondary N) is 1. The quantitative estimate of drug-likeness (QED) is 0.654. The number of carbonyl (C=O) groups is 1. The SMILES string of the molecule is CCOC(=O)c1csc2ncnc(Nc3cccc(OC(F)(F)F)c3)c12. The van der Waals surface area contributed by atoms with Crippen LogP contribution in [0, 0.1) is 0 Å². The van der Waals surface area contributed by atoms with Gasteiger partial charge in [-0.05, 0) is 19.1 Å². The molecule has 26 heavy (non-hydrogen) atoms. The number of thiophene rings is 1. The fourth-order valence-corrected chi connectivity index (χ4v) is 3.11. The summed E-state index contributed by atoms with van der Waals surface area (Å²) in [5.74, 6) is -0.613. The Labute approximate surface area is 149 Å². The Balaban J connectivity index is 1.95. The second kappa shape index (κ2) is 7.16. The summed E-state index contributed by atoms with van der Waals surface area (Å²) in [4.78, 5) is 20.8. The molecule has 0 aliphatic carbocycles. The minimum absolute atomic E-state index is 0.212. The molecule has 10 heteroatoms. The molecule has 3 aromatic rings. The van der Waals surface area contributed by atoms with Gasteiger partial charge in [-0.1, -0.05) is 6.07 Å². The van der Waals surface area contributed by atoms with E-state index in [2.05, 4.69) is 20.0 Å². The summed E-state index contributed by atoms with van der Waals surface area (Å²) < 4.78 is 46.0. The molecule has 0 bridgehead atoms. The Bertz CT molecular complexity index is 943. The summed E-state index contributed by atoms with van der Waals surface area (Å²) in [6.45, 7) is 1.90. The van der Waals surface area contributed by atoms with Gasteiger partial charge in [-0.2, -0.15) is 0 Å². The van der Waals surface area contributed by atoms with E-state index in [-0.39, 0.29) is 23.7 Å². The van der Waals surface area contributed by atoms with E-state index in [1.807, 2.05) is 0 Å². The van der Waals surface area contributed by atoms with Crippen LogP contribution in [0.2, 0.25) is 0 Å². The third-order valence-corrected chi connectivity index (χ3v) is 4.08. The first-order chi connectivity index (χ1) is 12.4. The van der Waals surface area contributed by atoms with Crippen molar-refractivity contribution < 1.29 is 27.4 Å². The number of aromatic nitrogens is 2. The van der Waals surface area contributed by atoms with Gasteiger partial charge in [-0.25, -0.2) is 14.8 Å². The monoisotopic (exact) mass is 383 g/mol. The first-order valence-electron chi connectivity index (χ1n) is 7.39. The molecule has 0 fully saturated rings. The minimum atomic E-state index is -4.79. The molecule has 3 rings (SSSR count). The fourth-order valence-electron chi connectivity index (χ4n) is 2.24. The van der Waals surface area contributed by atoms with Crippen molar-refractivity contribution in [1.82, 2.24) is 9.97 Å². The van der Waals surface area contributed by atoms with Gasteiger partial charge < -0.3 is 14.8 Å². The largest absolute Gasteiger partial charge is 0.573 e. The van der Waals surface area contributed by atoms with E-state index < -0.39 is 12.3 Å². The number of anilines is 2. The molecule has 136 valence electrons. The number of rotatable bonds is 5. The smallest absolute Gasteiger partial charge is 0.462 e. The first-order valence-corrected chi connectivity index (χ1v) is 8.27. The zero-order chi connectivity index (χ0) is 18.7. The molecule has 2 heterocycles. The van der Waals surface area contributed by atoms with Crippen LogP contribution in [0.5, 0.6) is 5.75 Å². The van der Waals surface area contributed by atoms with E-state index in [1.54, 1.807) is 18.4 Å². The lowest BCUT2D eigenvalue weighted by Gasteiger charge is -2.11. The summed E-state index contributed by atoms with van der Waals surface area (Å²) in [7, 11) is 0. The van der Waals surface area contributed by atoms with E-state index in [0.29, 0.717) is 15.9 Å². The highest BCUT2D eigenvalue weighted by molar-refractivity contribution is 7.17. The van der Waals surface area contributed by atoms with Gasteiger partial charge in [0.05, 0.1) is 17.6 Å². The van der Waals surface area contributed by atoms with Crippen molar-refractivity contribution >= 4 is 39.0 Å². The van der Waals surface area contributed by atoms with Gasteiger partial charge in [0.2, 0.25) is 0 Å². The van der Waals surface area contributed by atoms with Crippen molar-refractivity contribution in [2.45, 2.75) is 13.3 Å². The van der Waals surface area contributed by atoms with Crippen molar-refractivity contribution in [1.29, 1.82) is 0 Å². The van der Waals surface area contributed by atoms with Crippen molar-refractivity contribution in [3.8, 4) is 5.75 Å². The van der Waals surface area contributed by atoms with Gasteiger partial charge in [0.25, 0.3) is 0 Å². The number of alkyl halides is 3. The summed E-state index contributed by atoms with van der Waals surface area (Å²) >= 11 is 1.24. The topological polar surface area (TPSA) is 73.3 Å². The fraction of sp³-hybridized carbons (Fsp3) is 0.188.